The summed E-state index contributed by atoms with van der Waals surface area (Å²) in [6, 6.07) is 9.41. The van der Waals surface area contributed by atoms with Crippen molar-refractivity contribution in [3.8, 4) is 0 Å². The molecule has 0 bridgehead atoms. The van der Waals surface area contributed by atoms with Crippen molar-refractivity contribution in [2.75, 3.05) is 16.4 Å². The monoisotopic (exact) mass is 575 g/mol. The van der Waals surface area contributed by atoms with Gasteiger partial charge in [-0.15, -0.1) is 10.2 Å². The van der Waals surface area contributed by atoms with Crippen molar-refractivity contribution in [2.24, 2.45) is 0 Å². The predicted octanol–water partition coefficient (Wildman–Crippen LogP) is 5.64. The van der Waals surface area contributed by atoms with Crippen molar-refractivity contribution in [1.29, 1.82) is 0 Å². The molecule has 0 aliphatic carbocycles. The van der Waals surface area contributed by atoms with E-state index in [0.717, 1.165) is 23.9 Å². The molecule has 0 radical (unpaired) electrons. The Morgan fingerprint density at radius 2 is 1.79 bits per heavy atom. The fraction of sp³-hybridized carbons (Fsp3) is 0.238. The molecule has 180 valence electrons. The fourth-order valence-electron chi connectivity index (χ4n) is 2.90. The normalized spacial score (nSPS) is 11.4. The number of aromatic nitrogens is 3. The Labute approximate surface area is 210 Å². The van der Waals surface area contributed by atoms with E-state index in [-0.39, 0.29) is 23.8 Å². The lowest BCUT2D eigenvalue weighted by Crippen LogP contribution is -2.18. The van der Waals surface area contributed by atoms with Crippen LogP contribution in [0.4, 0.5) is 24.5 Å². The first kappa shape index (κ1) is 26.0. The number of hydrogen-bond donors (Lipinski definition) is 2. The number of thioether (sulfide) groups is 1. The molecule has 0 saturated heterocycles. The summed E-state index contributed by atoms with van der Waals surface area (Å²) in [6.45, 7) is 2.26. The number of carbonyl (C=O) groups is 2. The summed E-state index contributed by atoms with van der Waals surface area (Å²) in [5.41, 5.74) is -0.284. The maximum Gasteiger partial charge on any atom is 0.416 e. The third-order valence-electron chi connectivity index (χ3n) is 4.44. The van der Waals surface area contributed by atoms with Gasteiger partial charge in [0.15, 0.2) is 5.16 Å². The van der Waals surface area contributed by atoms with Crippen molar-refractivity contribution in [3.63, 3.8) is 0 Å². The van der Waals surface area contributed by atoms with E-state index in [1.54, 1.807) is 22.8 Å². The van der Waals surface area contributed by atoms with Gasteiger partial charge in [-0.2, -0.15) is 13.2 Å². The first-order valence-electron chi connectivity index (χ1n) is 9.83. The molecule has 13 heteroatoms. The standard InChI is InChI=1S/C21H18BrClF3N5O2S/c1-2-31-17(10-18(32)27-13-5-3-4-12(8-13)21(24,25)26)29-30-20(31)34-11-19(33)28-14-6-7-15(22)16(23)9-14/h3-9H,2,10-11H2,1H3,(H,27,32)(H,28,33). The third-order valence-corrected chi connectivity index (χ3v) is 6.64. The van der Waals surface area contributed by atoms with Crippen LogP contribution in [0.5, 0.6) is 0 Å². The topological polar surface area (TPSA) is 88.9 Å². The zero-order valence-electron chi connectivity index (χ0n) is 17.6. The van der Waals surface area contributed by atoms with Crippen LogP contribution in [-0.2, 0) is 28.7 Å². The minimum absolute atomic E-state index is 0.0294. The van der Waals surface area contributed by atoms with Crippen LogP contribution in [0, 0.1) is 0 Å². The summed E-state index contributed by atoms with van der Waals surface area (Å²) < 4.78 is 41.0. The molecule has 3 aromatic rings. The molecule has 0 spiro atoms. The Bertz CT molecular complexity index is 1210. The van der Waals surface area contributed by atoms with Crippen molar-refractivity contribution < 1.29 is 22.8 Å². The van der Waals surface area contributed by atoms with E-state index < -0.39 is 17.6 Å². The van der Waals surface area contributed by atoms with Crippen LogP contribution in [0.25, 0.3) is 0 Å². The molecular formula is C21H18BrClF3N5O2S. The molecule has 3 rings (SSSR count). The molecule has 7 nitrogen and oxygen atoms in total. The van der Waals surface area contributed by atoms with Crippen molar-refractivity contribution in [2.45, 2.75) is 31.2 Å². The van der Waals surface area contributed by atoms with Gasteiger partial charge in [0.1, 0.15) is 5.82 Å². The SMILES string of the molecule is CCn1c(CC(=O)Nc2cccc(C(F)(F)F)c2)nnc1SCC(=O)Nc1ccc(Br)c(Cl)c1. The van der Waals surface area contributed by atoms with Crippen LogP contribution >= 0.6 is 39.3 Å². The number of rotatable bonds is 8. The number of alkyl halides is 3. The van der Waals surface area contributed by atoms with Crippen LogP contribution in [-0.4, -0.2) is 32.3 Å². The van der Waals surface area contributed by atoms with Crippen LogP contribution in [0.15, 0.2) is 52.1 Å². The number of benzene rings is 2. The Morgan fingerprint density at radius 1 is 1.09 bits per heavy atom. The molecule has 0 saturated carbocycles. The lowest BCUT2D eigenvalue weighted by Gasteiger charge is -2.10. The maximum atomic E-state index is 12.9. The molecule has 0 unspecified atom stereocenters. The molecule has 0 atom stereocenters. The molecule has 0 aliphatic rings. The van der Waals surface area contributed by atoms with Crippen LogP contribution in [0.3, 0.4) is 0 Å². The average Bonchev–Trinajstić information content (AvgIpc) is 3.15. The predicted molar refractivity (Wildman–Crippen MR) is 128 cm³/mol. The molecule has 0 fully saturated rings. The number of hydrogen-bond acceptors (Lipinski definition) is 5. The zero-order chi connectivity index (χ0) is 24.9. The van der Waals surface area contributed by atoms with E-state index in [4.69, 9.17) is 11.6 Å². The summed E-state index contributed by atoms with van der Waals surface area (Å²) in [7, 11) is 0. The van der Waals surface area contributed by atoms with Crippen LogP contribution < -0.4 is 10.6 Å². The zero-order valence-corrected chi connectivity index (χ0v) is 20.8. The second kappa shape index (κ2) is 11.2. The van der Waals surface area contributed by atoms with Crippen LogP contribution in [0.1, 0.15) is 18.3 Å². The van der Waals surface area contributed by atoms with E-state index in [0.29, 0.717) is 32.7 Å². The molecule has 2 N–H and O–H groups in total. The van der Waals surface area contributed by atoms with Gasteiger partial charge < -0.3 is 15.2 Å². The summed E-state index contributed by atoms with van der Waals surface area (Å²) in [6.07, 6.45) is -4.70. The van der Waals surface area contributed by atoms with Gasteiger partial charge in [-0.3, -0.25) is 9.59 Å². The number of nitrogens with one attached hydrogen (secondary N) is 2. The van der Waals surface area contributed by atoms with Gasteiger partial charge in [0.05, 0.1) is 22.8 Å². The minimum Gasteiger partial charge on any atom is -0.326 e. The molecule has 1 aromatic heterocycles. The summed E-state index contributed by atoms with van der Waals surface area (Å²) in [5.74, 6) is -0.447. The first-order chi connectivity index (χ1) is 16.1. The average molecular weight is 577 g/mol. The summed E-state index contributed by atoms with van der Waals surface area (Å²) in [5, 5.41) is 14.1. The van der Waals surface area contributed by atoms with Crippen molar-refractivity contribution in [1.82, 2.24) is 14.8 Å². The van der Waals surface area contributed by atoms with Crippen LogP contribution in [0.2, 0.25) is 5.02 Å². The van der Waals surface area contributed by atoms with E-state index in [9.17, 15) is 22.8 Å². The lowest BCUT2D eigenvalue weighted by molar-refractivity contribution is -0.137. The highest BCUT2D eigenvalue weighted by atomic mass is 79.9. The summed E-state index contributed by atoms with van der Waals surface area (Å²) >= 11 is 10.4. The van der Waals surface area contributed by atoms with E-state index in [1.807, 2.05) is 6.92 Å². The quantitative estimate of drug-likeness (QED) is 0.339. The Kier molecular flexibility index (Phi) is 8.61. The van der Waals surface area contributed by atoms with Gasteiger partial charge in [0.2, 0.25) is 11.8 Å². The molecule has 2 amide bonds. The highest BCUT2D eigenvalue weighted by molar-refractivity contribution is 9.10. The molecule has 0 aliphatic heterocycles. The number of anilines is 2. The number of nitrogens with zero attached hydrogens (tertiary/aromatic N) is 3. The Hall–Kier alpha value is -2.57. The first-order valence-corrected chi connectivity index (χ1v) is 12.0. The van der Waals surface area contributed by atoms with E-state index in [1.165, 1.54) is 12.1 Å². The van der Waals surface area contributed by atoms with Gasteiger partial charge in [0, 0.05) is 22.4 Å². The smallest absolute Gasteiger partial charge is 0.326 e. The molecule has 2 aromatic carbocycles. The van der Waals surface area contributed by atoms with Crippen molar-refractivity contribution in [3.05, 3.63) is 63.3 Å². The highest BCUT2D eigenvalue weighted by Gasteiger charge is 2.30. The van der Waals surface area contributed by atoms with Gasteiger partial charge in [0.25, 0.3) is 0 Å². The fourth-order valence-corrected chi connectivity index (χ4v) is 4.15. The second-order valence-electron chi connectivity index (χ2n) is 6.91. The molecule has 1 heterocycles. The molecular weight excluding hydrogens is 559 g/mol. The molecule has 34 heavy (non-hydrogen) atoms. The second-order valence-corrected chi connectivity index (χ2v) is 9.12. The number of carbonyl (C=O) groups excluding carboxylic acids is 2. The Morgan fingerprint density at radius 3 is 2.47 bits per heavy atom. The highest BCUT2D eigenvalue weighted by Crippen LogP contribution is 2.30. The maximum absolute atomic E-state index is 12.9. The number of amides is 2. The largest absolute Gasteiger partial charge is 0.416 e. The van der Waals surface area contributed by atoms with Gasteiger partial charge in [-0.1, -0.05) is 29.4 Å². The number of halogens is 5. The third kappa shape index (κ3) is 6.97. The van der Waals surface area contributed by atoms with Gasteiger partial charge in [-0.25, -0.2) is 0 Å². The minimum atomic E-state index is -4.51. The van der Waals surface area contributed by atoms with E-state index in [2.05, 4.69) is 36.8 Å². The van der Waals surface area contributed by atoms with Crippen molar-refractivity contribution >= 4 is 62.5 Å². The van der Waals surface area contributed by atoms with Gasteiger partial charge >= 0.3 is 6.18 Å². The Balaban J connectivity index is 1.59. The summed E-state index contributed by atoms with van der Waals surface area (Å²) in [4.78, 5) is 24.7. The lowest BCUT2D eigenvalue weighted by atomic mass is 10.2. The van der Waals surface area contributed by atoms with E-state index >= 15 is 0 Å². The van der Waals surface area contributed by atoms with Gasteiger partial charge in [-0.05, 0) is 59.3 Å².